The average molecular weight is 609 g/mol. The van der Waals surface area contributed by atoms with Gasteiger partial charge < -0.3 is 0 Å². The van der Waals surface area contributed by atoms with E-state index in [-0.39, 0.29) is 16.5 Å². The molecule has 38 heavy (non-hydrogen) atoms. The van der Waals surface area contributed by atoms with Crippen molar-refractivity contribution in [2.24, 2.45) is 0 Å². The molecule has 0 aliphatic rings. The second-order valence-corrected chi connectivity index (χ2v) is 16.6. The van der Waals surface area contributed by atoms with Gasteiger partial charge in [-0.1, -0.05) is 0 Å². The molecule has 0 radical (unpaired) electrons. The smallest absolute Gasteiger partial charge is 0.172 e. The number of benzene rings is 1. The summed E-state index contributed by atoms with van der Waals surface area (Å²) < 4.78 is 19.1. The number of carbonyl (C=O) groups is 1. The lowest BCUT2D eigenvalue weighted by molar-refractivity contribution is 0.101. The molecule has 6 heterocycles. The summed E-state index contributed by atoms with van der Waals surface area (Å²) in [4.78, 5) is 21.9. The number of Topliss-reactive ketones (excluding diaryl/α,β-unsaturated/α-hetero) is 1. The quantitative estimate of drug-likeness (QED) is 0.182. The fraction of sp³-hybridized carbons (Fsp3) is 0.167. The van der Waals surface area contributed by atoms with E-state index in [1.165, 1.54) is 73.9 Å². The van der Waals surface area contributed by atoms with E-state index in [9.17, 15) is 4.79 Å². The number of rotatable bonds is 4. The van der Waals surface area contributed by atoms with Gasteiger partial charge in [0.05, 0.1) is 9.58 Å². The van der Waals surface area contributed by atoms with Crippen LogP contribution in [0.4, 0.5) is 4.39 Å². The highest BCUT2D eigenvalue weighted by molar-refractivity contribution is 7.31. The lowest BCUT2D eigenvalue weighted by atomic mass is 9.99. The van der Waals surface area contributed by atoms with Gasteiger partial charge in [-0.2, -0.15) is 0 Å². The van der Waals surface area contributed by atoms with E-state index in [0.29, 0.717) is 5.39 Å². The lowest BCUT2D eigenvalue weighted by Crippen LogP contribution is -1.90. The summed E-state index contributed by atoms with van der Waals surface area (Å²) in [5, 5.41) is 3.13. The van der Waals surface area contributed by atoms with Gasteiger partial charge >= 0.3 is 0 Å². The first-order valence-electron chi connectivity index (χ1n) is 12.1. The molecule has 0 spiro atoms. The molecular weight excluding hydrogens is 588 g/mol. The van der Waals surface area contributed by atoms with Crippen molar-refractivity contribution < 1.29 is 9.18 Å². The van der Waals surface area contributed by atoms with Crippen LogP contribution in [0.2, 0.25) is 0 Å². The molecule has 0 aliphatic carbocycles. The van der Waals surface area contributed by atoms with Gasteiger partial charge in [-0.25, -0.2) is 4.39 Å². The molecule has 0 aliphatic heterocycles. The number of carbonyl (C=O) groups excluding carboxylic acids is 1. The molecule has 1 aromatic carbocycles. The highest BCUT2D eigenvalue weighted by Crippen LogP contribution is 2.55. The zero-order chi connectivity index (χ0) is 26.5. The highest BCUT2D eigenvalue weighted by atomic mass is 32.1. The maximum atomic E-state index is 15.6. The molecule has 1 nitrogen and oxygen atoms in total. The van der Waals surface area contributed by atoms with Gasteiger partial charge in [-0.3, -0.25) is 4.79 Å². The predicted molar refractivity (Wildman–Crippen MR) is 171 cm³/mol. The topological polar surface area (TPSA) is 17.1 Å². The standard InChI is InChI=1S/C30H21FOS6/c1-12-6-8-19(33-12)22-17-10-14(3)35-28(17)23(20-9-7-13(2)34-20)18-11-21(37-29(18)22)30-24-25(31)26(15(4)32)38-27(24)16(5)36-30/h6-11H,1-5H3. The summed E-state index contributed by atoms with van der Waals surface area (Å²) in [6.45, 7) is 9.98. The Bertz CT molecular complexity index is 1970. The summed E-state index contributed by atoms with van der Waals surface area (Å²) >= 11 is 10.2. The number of hydrogen-bond donors (Lipinski definition) is 0. The molecule has 0 N–H and O–H groups in total. The normalized spacial score (nSPS) is 12.1. The van der Waals surface area contributed by atoms with Crippen molar-refractivity contribution in [3.8, 4) is 30.6 Å². The maximum Gasteiger partial charge on any atom is 0.172 e. The zero-order valence-corrected chi connectivity index (χ0v) is 26.1. The minimum Gasteiger partial charge on any atom is -0.293 e. The highest BCUT2D eigenvalue weighted by Gasteiger charge is 2.27. The third-order valence-corrected chi connectivity index (χ3v) is 13.8. The molecule has 8 heteroatoms. The summed E-state index contributed by atoms with van der Waals surface area (Å²) in [5.41, 5.74) is 2.57. The molecule has 0 fully saturated rings. The van der Waals surface area contributed by atoms with Crippen LogP contribution in [0.3, 0.4) is 0 Å². The van der Waals surface area contributed by atoms with Gasteiger partial charge in [0.25, 0.3) is 0 Å². The van der Waals surface area contributed by atoms with E-state index in [4.69, 9.17) is 0 Å². The Morgan fingerprint density at radius 1 is 0.658 bits per heavy atom. The van der Waals surface area contributed by atoms with E-state index < -0.39 is 0 Å². The third kappa shape index (κ3) is 3.65. The van der Waals surface area contributed by atoms with Crippen LogP contribution < -0.4 is 0 Å². The van der Waals surface area contributed by atoms with Crippen molar-refractivity contribution in [2.45, 2.75) is 34.6 Å². The third-order valence-electron chi connectivity index (χ3n) is 6.75. The predicted octanol–water partition coefficient (Wildman–Crippen LogP) is 12.1. The van der Waals surface area contributed by atoms with E-state index in [2.05, 4.69) is 57.2 Å². The van der Waals surface area contributed by atoms with E-state index in [1.54, 1.807) is 22.7 Å². The molecule has 0 saturated carbocycles. The van der Waals surface area contributed by atoms with E-state index >= 15 is 4.39 Å². The Hall–Kier alpha value is -2.20. The van der Waals surface area contributed by atoms with Crippen LogP contribution in [0, 0.1) is 33.5 Å². The summed E-state index contributed by atoms with van der Waals surface area (Å²) in [5.74, 6) is -0.578. The van der Waals surface area contributed by atoms with E-state index in [1.807, 2.05) is 40.9 Å². The Balaban J connectivity index is 1.62. The van der Waals surface area contributed by atoms with E-state index in [0.717, 1.165) is 19.3 Å². The first-order chi connectivity index (χ1) is 18.2. The monoisotopic (exact) mass is 608 g/mol. The number of hydrogen-bond acceptors (Lipinski definition) is 7. The minimum atomic E-state index is -0.367. The van der Waals surface area contributed by atoms with Crippen molar-refractivity contribution in [1.82, 2.24) is 0 Å². The molecule has 0 saturated heterocycles. The molecule has 0 amide bonds. The molecule has 7 rings (SSSR count). The average Bonchev–Trinajstić information content (AvgIpc) is 3.67. The first-order valence-corrected chi connectivity index (χ1v) is 17.0. The Morgan fingerprint density at radius 2 is 1.26 bits per heavy atom. The van der Waals surface area contributed by atoms with Crippen LogP contribution in [-0.4, -0.2) is 5.78 Å². The number of ketones is 1. The van der Waals surface area contributed by atoms with Gasteiger partial charge in [0.2, 0.25) is 0 Å². The molecular formula is C30H21FOS6. The van der Waals surface area contributed by atoms with Crippen LogP contribution in [0.25, 0.3) is 60.9 Å². The van der Waals surface area contributed by atoms with Gasteiger partial charge in [0, 0.05) is 77.7 Å². The van der Waals surface area contributed by atoms with Gasteiger partial charge in [-0.05, 0) is 64.1 Å². The first kappa shape index (κ1) is 24.8. The van der Waals surface area contributed by atoms with Crippen LogP contribution >= 0.6 is 68.0 Å². The second kappa shape index (κ2) is 8.91. The molecule has 0 bridgehead atoms. The van der Waals surface area contributed by atoms with Crippen LogP contribution in [-0.2, 0) is 0 Å². The van der Waals surface area contributed by atoms with Crippen LogP contribution in [0.5, 0.6) is 0 Å². The minimum absolute atomic E-state index is 0.211. The fourth-order valence-corrected chi connectivity index (χ4v) is 11.9. The van der Waals surface area contributed by atoms with Gasteiger partial charge in [0.1, 0.15) is 4.88 Å². The summed E-state index contributed by atoms with van der Waals surface area (Å²) in [7, 11) is 0. The fourth-order valence-electron chi connectivity index (χ4n) is 5.14. The molecule has 6 aromatic heterocycles. The van der Waals surface area contributed by atoms with Crippen molar-refractivity contribution in [3.63, 3.8) is 0 Å². The number of halogens is 1. The van der Waals surface area contributed by atoms with Crippen LogP contribution in [0.15, 0.2) is 36.4 Å². The summed E-state index contributed by atoms with van der Waals surface area (Å²) in [6.07, 6.45) is 0. The molecule has 0 atom stereocenters. The Kier molecular flexibility index (Phi) is 5.82. The molecule has 190 valence electrons. The number of fused-ring (bicyclic) bond motifs is 3. The molecule has 7 aromatic rings. The lowest BCUT2D eigenvalue weighted by Gasteiger charge is -2.09. The van der Waals surface area contributed by atoms with Crippen molar-refractivity contribution in [1.29, 1.82) is 0 Å². The van der Waals surface area contributed by atoms with Crippen LogP contribution in [0.1, 0.15) is 36.1 Å². The SMILES string of the molecule is CC(=O)c1sc2c(C)sc(-c3cc4c(-c5ccc(C)s5)c5sc(C)cc5c(-c5ccc(C)s5)c4s3)c2c1F. The largest absolute Gasteiger partial charge is 0.293 e. The Labute approximate surface area is 243 Å². The van der Waals surface area contributed by atoms with Gasteiger partial charge in [-0.15, -0.1) is 68.0 Å². The van der Waals surface area contributed by atoms with Crippen molar-refractivity contribution >= 4 is 104 Å². The molecule has 0 unspecified atom stereocenters. The van der Waals surface area contributed by atoms with Crippen molar-refractivity contribution in [2.75, 3.05) is 0 Å². The number of aryl methyl sites for hydroxylation is 4. The second-order valence-electron chi connectivity index (χ2n) is 9.52. The maximum absolute atomic E-state index is 15.6. The van der Waals surface area contributed by atoms with Gasteiger partial charge in [0.15, 0.2) is 11.6 Å². The summed E-state index contributed by atoms with van der Waals surface area (Å²) in [6, 6.07) is 13.5. The Morgan fingerprint density at radius 3 is 1.84 bits per heavy atom. The van der Waals surface area contributed by atoms with Crippen molar-refractivity contribution in [3.05, 3.63) is 66.6 Å². The zero-order valence-electron chi connectivity index (χ0n) is 21.2. The number of thiophene rings is 6.